The zero-order valence-electron chi connectivity index (χ0n) is 10.6. The Morgan fingerprint density at radius 2 is 1.94 bits per heavy atom. The minimum absolute atomic E-state index is 0.0127. The van der Waals surface area contributed by atoms with Crippen LogP contribution in [0.5, 0.6) is 0 Å². The maximum Gasteiger partial charge on any atom is 0.0906 e. The average Bonchev–Trinajstić information content (AvgIpc) is 2.10. The van der Waals surface area contributed by atoms with Crippen molar-refractivity contribution in [3.8, 4) is 0 Å². The highest BCUT2D eigenvalue weighted by Crippen LogP contribution is 2.47. The molecule has 3 N–H and O–H groups in total. The quantitative estimate of drug-likeness (QED) is 0.627. The molecule has 1 aliphatic carbocycles. The molecule has 0 amide bonds. The van der Waals surface area contributed by atoms with E-state index in [1.165, 1.54) is 0 Å². The van der Waals surface area contributed by atoms with Crippen molar-refractivity contribution >= 4 is 0 Å². The second-order valence-electron chi connectivity index (χ2n) is 5.80. The Morgan fingerprint density at radius 1 is 1.38 bits per heavy atom. The number of aliphatic hydroxyl groups excluding tert-OH is 2. The van der Waals surface area contributed by atoms with Crippen molar-refractivity contribution in [1.82, 2.24) is 0 Å². The SMILES string of the molecule is CC(O)/C=C/C1(O)C(C)CC(O)CC1(C)C. The molecule has 0 radical (unpaired) electrons. The Balaban J connectivity index is 2.98. The number of hydrogen-bond acceptors (Lipinski definition) is 3. The molecule has 1 rings (SSSR count). The topological polar surface area (TPSA) is 60.7 Å². The van der Waals surface area contributed by atoms with Gasteiger partial charge in [-0.3, -0.25) is 0 Å². The van der Waals surface area contributed by atoms with Crippen molar-refractivity contribution in [2.24, 2.45) is 11.3 Å². The molecule has 0 bridgehead atoms. The summed E-state index contributed by atoms with van der Waals surface area (Å²) in [5.74, 6) is -0.0127. The molecular weight excluding hydrogens is 204 g/mol. The van der Waals surface area contributed by atoms with E-state index in [2.05, 4.69) is 0 Å². The lowest BCUT2D eigenvalue weighted by molar-refractivity contribution is -0.127. The van der Waals surface area contributed by atoms with Crippen molar-refractivity contribution in [2.75, 3.05) is 0 Å². The third kappa shape index (κ3) is 2.47. The summed E-state index contributed by atoms with van der Waals surface area (Å²) in [5, 5.41) is 29.7. The van der Waals surface area contributed by atoms with Gasteiger partial charge in [-0.25, -0.2) is 0 Å². The highest BCUT2D eigenvalue weighted by molar-refractivity contribution is 5.14. The normalized spacial score (nSPS) is 41.2. The predicted molar refractivity (Wildman–Crippen MR) is 64.0 cm³/mol. The molecule has 4 atom stereocenters. The molecule has 0 aromatic rings. The highest BCUT2D eigenvalue weighted by atomic mass is 16.3. The van der Waals surface area contributed by atoms with Gasteiger partial charge in [0.15, 0.2) is 0 Å². The Morgan fingerprint density at radius 3 is 2.38 bits per heavy atom. The van der Waals surface area contributed by atoms with E-state index in [9.17, 15) is 15.3 Å². The molecule has 0 aromatic heterocycles. The Hall–Kier alpha value is -0.380. The zero-order valence-corrected chi connectivity index (χ0v) is 10.6. The molecule has 1 aliphatic rings. The van der Waals surface area contributed by atoms with E-state index >= 15 is 0 Å². The smallest absolute Gasteiger partial charge is 0.0906 e. The number of aliphatic hydroxyl groups is 3. The molecule has 1 saturated carbocycles. The fourth-order valence-corrected chi connectivity index (χ4v) is 2.77. The summed E-state index contributed by atoms with van der Waals surface area (Å²) in [6.07, 6.45) is 3.61. The first-order valence-corrected chi connectivity index (χ1v) is 5.97. The minimum Gasteiger partial charge on any atom is -0.393 e. The molecule has 3 heteroatoms. The van der Waals surface area contributed by atoms with Crippen LogP contribution in [0.25, 0.3) is 0 Å². The van der Waals surface area contributed by atoms with Crippen LogP contribution in [0.15, 0.2) is 12.2 Å². The Labute approximate surface area is 97.8 Å². The van der Waals surface area contributed by atoms with Crippen molar-refractivity contribution in [2.45, 2.75) is 58.3 Å². The molecular formula is C13H24O3. The molecule has 0 heterocycles. The van der Waals surface area contributed by atoms with Gasteiger partial charge in [-0.1, -0.05) is 32.9 Å². The van der Waals surface area contributed by atoms with Crippen LogP contribution in [0.4, 0.5) is 0 Å². The lowest BCUT2D eigenvalue weighted by Gasteiger charge is -2.50. The zero-order chi connectivity index (χ0) is 12.6. The van der Waals surface area contributed by atoms with Crippen LogP contribution < -0.4 is 0 Å². The van der Waals surface area contributed by atoms with Gasteiger partial charge >= 0.3 is 0 Å². The van der Waals surface area contributed by atoms with E-state index in [4.69, 9.17) is 0 Å². The summed E-state index contributed by atoms with van der Waals surface area (Å²) in [7, 11) is 0. The van der Waals surface area contributed by atoms with Gasteiger partial charge in [-0.05, 0) is 31.1 Å². The third-order valence-electron chi connectivity index (χ3n) is 3.84. The van der Waals surface area contributed by atoms with E-state index in [0.717, 1.165) is 0 Å². The Bertz CT molecular complexity index is 270. The molecule has 0 aliphatic heterocycles. The van der Waals surface area contributed by atoms with E-state index in [1.54, 1.807) is 19.1 Å². The van der Waals surface area contributed by atoms with Gasteiger partial charge in [0.05, 0.1) is 17.8 Å². The first kappa shape index (κ1) is 13.7. The summed E-state index contributed by atoms with van der Waals surface area (Å²) in [5.41, 5.74) is -1.33. The van der Waals surface area contributed by atoms with Gasteiger partial charge in [0, 0.05) is 0 Å². The minimum atomic E-state index is -0.955. The van der Waals surface area contributed by atoms with Crippen LogP contribution in [-0.4, -0.2) is 33.1 Å². The monoisotopic (exact) mass is 228 g/mol. The van der Waals surface area contributed by atoms with E-state index < -0.39 is 11.7 Å². The second kappa shape index (κ2) is 4.47. The van der Waals surface area contributed by atoms with Gasteiger partial charge < -0.3 is 15.3 Å². The average molecular weight is 228 g/mol. The van der Waals surface area contributed by atoms with Crippen molar-refractivity contribution < 1.29 is 15.3 Å². The molecule has 0 spiro atoms. The molecule has 94 valence electrons. The molecule has 0 saturated heterocycles. The number of hydrogen-bond donors (Lipinski definition) is 3. The maximum absolute atomic E-state index is 10.7. The summed E-state index contributed by atoms with van der Waals surface area (Å²) in [4.78, 5) is 0. The lowest BCUT2D eigenvalue weighted by atomic mass is 9.60. The molecule has 1 fully saturated rings. The van der Waals surface area contributed by atoms with Gasteiger partial charge in [-0.2, -0.15) is 0 Å². The van der Waals surface area contributed by atoms with Crippen LogP contribution in [-0.2, 0) is 0 Å². The summed E-state index contributed by atoms with van der Waals surface area (Å²) in [6.45, 7) is 7.52. The van der Waals surface area contributed by atoms with Crippen LogP contribution in [0.2, 0.25) is 0 Å². The standard InChI is InChI=1S/C13H24O3/c1-9-7-11(15)8-12(3,4)13(9,16)6-5-10(2)14/h5-6,9-11,14-16H,7-8H2,1-4H3/b6-5+. The number of rotatable bonds is 2. The van der Waals surface area contributed by atoms with Crippen molar-refractivity contribution in [3.63, 3.8) is 0 Å². The van der Waals surface area contributed by atoms with Crippen molar-refractivity contribution in [3.05, 3.63) is 12.2 Å². The molecule has 4 unspecified atom stereocenters. The lowest BCUT2D eigenvalue weighted by Crippen LogP contribution is -2.54. The van der Waals surface area contributed by atoms with E-state index in [1.807, 2.05) is 20.8 Å². The van der Waals surface area contributed by atoms with Gasteiger partial charge in [0.25, 0.3) is 0 Å². The Kier molecular flexibility index (Phi) is 3.83. The summed E-state index contributed by atoms with van der Waals surface area (Å²) < 4.78 is 0. The van der Waals surface area contributed by atoms with E-state index in [0.29, 0.717) is 12.8 Å². The first-order valence-electron chi connectivity index (χ1n) is 5.97. The maximum atomic E-state index is 10.7. The largest absolute Gasteiger partial charge is 0.393 e. The van der Waals surface area contributed by atoms with Crippen molar-refractivity contribution in [1.29, 1.82) is 0 Å². The van der Waals surface area contributed by atoms with Gasteiger partial charge in [0.1, 0.15) is 0 Å². The fraction of sp³-hybridized carbons (Fsp3) is 0.846. The fourth-order valence-electron chi connectivity index (χ4n) is 2.77. The second-order valence-corrected chi connectivity index (χ2v) is 5.80. The van der Waals surface area contributed by atoms with Crippen LogP contribution in [0, 0.1) is 11.3 Å². The van der Waals surface area contributed by atoms with Gasteiger partial charge in [-0.15, -0.1) is 0 Å². The van der Waals surface area contributed by atoms with E-state index in [-0.39, 0.29) is 17.4 Å². The van der Waals surface area contributed by atoms with Gasteiger partial charge in [0.2, 0.25) is 0 Å². The molecule has 0 aromatic carbocycles. The third-order valence-corrected chi connectivity index (χ3v) is 3.84. The molecule has 16 heavy (non-hydrogen) atoms. The first-order chi connectivity index (χ1) is 7.19. The summed E-state index contributed by atoms with van der Waals surface area (Å²) >= 11 is 0. The predicted octanol–water partition coefficient (Wildman–Crippen LogP) is 1.47. The van der Waals surface area contributed by atoms with Crippen LogP contribution >= 0.6 is 0 Å². The highest BCUT2D eigenvalue weighted by Gasteiger charge is 2.50. The molecule has 3 nitrogen and oxygen atoms in total. The van der Waals surface area contributed by atoms with Crippen LogP contribution in [0.3, 0.4) is 0 Å². The van der Waals surface area contributed by atoms with Crippen LogP contribution in [0.1, 0.15) is 40.5 Å². The summed E-state index contributed by atoms with van der Waals surface area (Å²) in [6, 6.07) is 0.